The highest BCUT2D eigenvalue weighted by molar-refractivity contribution is 5.76. The van der Waals surface area contributed by atoms with Crippen molar-refractivity contribution in [2.45, 2.75) is 39.3 Å². The van der Waals surface area contributed by atoms with Crippen LogP contribution in [0.3, 0.4) is 0 Å². The molecule has 0 aliphatic carbocycles. The van der Waals surface area contributed by atoms with Gasteiger partial charge in [0.05, 0.1) is 6.04 Å². The Hall–Kier alpha value is -1.35. The smallest absolute Gasteiger partial charge is 0.222 e. The summed E-state index contributed by atoms with van der Waals surface area (Å²) in [5, 5.41) is 2.93. The fourth-order valence-electron chi connectivity index (χ4n) is 1.53. The minimum absolute atomic E-state index is 0.00285. The van der Waals surface area contributed by atoms with Gasteiger partial charge in [-0.1, -0.05) is 29.8 Å². The molecule has 88 valence electrons. The fraction of sp³-hybridized carbons (Fsp3) is 0.462. The molecule has 0 aliphatic heterocycles. The van der Waals surface area contributed by atoms with E-state index in [9.17, 15) is 4.79 Å². The fourth-order valence-corrected chi connectivity index (χ4v) is 1.53. The summed E-state index contributed by atoms with van der Waals surface area (Å²) in [5.74, 6) is 0.00285. The summed E-state index contributed by atoms with van der Waals surface area (Å²) in [6, 6.07) is 8.10. The lowest BCUT2D eigenvalue weighted by atomic mass is 10.1. The first-order valence-corrected chi connectivity index (χ1v) is 5.60. The molecule has 0 saturated heterocycles. The minimum atomic E-state index is -0.0924. The molecular weight excluding hydrogens is 200 g/mol. The van der Waals surface area contributed by atoms with Crippen LogP contribution < -0.4 is 11.1 Å². The van der Waals surface area contributed by atoms with E-state index in [1.54, 1.807) is 0 Å². The first-order valence-electron chi connectivity index (χ1n) is 5.60. The summed E-state index contributed by atoms with van der Waals surface area (Å²) in [7, 11) is 0. The highest BCUT2D eigenvalue weighted by Gasteiger charge is 2.10. The number of rotatable bonds is 4. The third-order valence-corrected chi connectivity index (χ3v) is 2.46. The second kappa shape index (κ2) is 5.66. The Labute approximate surface area is 97.0 Å². The predicted molar refractivity (Wildman–Crippen MR) is 66.0 cm³/mol. The number of aryl methyl sites for hydroxylation is 1. The van der Waals surface area contributed by atoms with Crippen molar-refractivity contribution in [1.82, 2.24) is 5.32 Å². The molecule has 1 aromatic carbocycles. The van der Waals surface area contributed by atoms with Gasteiger partial charge in [0.25, 0.3) is 0 Å². The summed E-state index contributed by atoms with van der Waals surface area (Å²) in [6.45, 7) is 5.85. The van der Waals surface area contributed by atoms with Gasteiger partial charge in [-0.05, 0) is 26.3 Å². The number of benzene rings is 1. The molecule has 0 spiro atoms. The molecule has 0 heterocycles. The topological polar surface area (TPSA) is 55.1 Å². The summed E-state index contributed by atoms with van der Waals surface area (Å²) in [4.78, 5) is 11.5. The molecule has 0 aromatic heterocycles. The van der Waals surface area contributed by atoms with Gasteiger partial charge in [-0.15, -0.1) is 0 Å². The predicted octanol–water partition coefficient (Wildman–Crippen LogP) is 1.91. The maximum atomic E-state index is 11.5. The highest BCUT2D eigenvalue weighted by Crippen LogP contribution is 2.13. The number of amides is 1. The first-order chi connectivity index (χ1) is 7.49. The third-order valence-electron chi connectivity index (χ3n) is 2.46. The van der Waals surface area contributed by atoms with Gasteiger partial charge in [0.1, 0.15) is 0 Å². The van der Waals surface area contributed by atoms with E-state index in [0.29, 0.717) is 6.42 Å². The molecule has 0 aliphatic rings. The van der Waals surface area contributed by atoms with E-state index in [4.69, 9.17) is 5.73 Å². The number of hydrogen-bond donors (Lipinski definition) is 2. The first kappa shape index (κ1) is 12.7. The van der Waals surface area contributed by atoms with Crippen molar-refractivity contribution in [1.29, 1.82) is 0 Å². The van der Waals surface area contributed by atoms with Crippen LogP contribution in [0.4, 0.5) is 0 Å². The van der Waals surface area contributed by atoms with Crippen LogP contribution in [0.5, 0.6) is 0 Å². The normalized spacial score (nSPS) is 14.2. The van der Waals surface area contributed by atoms with Crippen molar-refractivity contribution in [2.24, 2.45) is 5.73 Å². The Morgan fingerprint density at radius 1 is 1.31 bits per heavy atom. The molecule has 1 aromatic rings. The van der Waals surface area contributed by atoms with Crippen LogP contribution in [-0.2, 0) is 4.79 Å². The van der Waals surface area contributed by atoms with E-state index < -0.39 is 0 Å². The van der Waals surface area contributed by atoms with E-state index in [1.165, 1.54) is 5.56 Å². The van der Waals surface area contributed by atoms with E-state index in [0.717, 1.165) is 5.56 Å². The van der Waals surface area contributed by atoms with Crippen molar-refractivity contribution in [2.75, 3.05) is 0 Å². The second-order valence-electron chi connectivity index (χ2n) is 4.38. The number of hydrogen-bond acceptors (Lipinski definition) is 2. The van der Waals surface area contributed by atoms with Gasteiger partial charge in [-0.25, -0.2) is 0 Å². The average Bonchev–Trinajstić information content (AvgIpc) is 2.16. The zero-order valence-electron chi connectivity index (χ0n) is 10.2. The number of carbonyl (C=O) groups excluding carboxylic acids is 1. The second-order valence-corrected chi connectivity index (χ2v) is 4.38. The Morgan fingerprint density at radius 2 is 1.88 bits per heavy atom. The van der Waals surface area contributed by atoms with E-state index in [1.807, 2.05) is 45.0 Å². The van der Waals surface area contributed by atoms with Crippen LogP contribution in [0.2, 0.25) is 0 Å². The van der Waals surface area contributed by atoms with E-state index in [2.05, 4.69) is 5.32 Å². The average molecular weight is 220 g/mol. The summed E-state index contributed by atoms with van der Waals surface area (Å²) in [6.07, 6.45) is 0.371. The number of nitrogens with one attached hydrogen (secondary N) is 1. The van der Waals surface area contributed by atoms with Crippen LogP contribution >= 0.6 is 0 Å². The molecule has 1 rings (SSSR count). The lowest BCUT2D eigenvalue weighted by Gasteiger charge is -2.15. The third kappa shape index (κ3) is 4.03. The molecule has 0 saturated carbocycles. The molecule has 2 atom stereocenters. The van der Waals surface area contributed by atoms with Crippen LogP contribution in [0.1, 0.15) is 37.4 Å². The molecule has 0 fully saturated rings. The van der Waals surface area contributed by atoms with Gasteiger partial charge >= 0.3 is 0 Å². The Morgan fingerprint density at radius 3 is 2.38 bits per heavy atom. The van der Waals surface area contributed by atoms with Crippen LogP contribution in [0.25, 0.3) is 0 Å². The summed E-state index contributed by atoms with van der Waals surface area (Å²) < 4.78 is 0. The maximum Gasteiger partial charge on any atom is 0.222 e. The maximum absolute atomic E-state index is 11.5. The Kier molecular flexibility index (Phi) is 4.50. The zero-order valence-corrected chi connectivity index (χ0v) is 10.2. The molecule has 16 heavy (non-hydrogen) atoms. The highest BCUT2D eigenvalue weighted by atomic mass is 16.1. The standard InChI is InChI=1S/C13H20N2O/c1-9-4-6-12(7-5-9)11(3)15-13(16)8-10(2)14/h4-7,10-11H,8,14H2,1-3H3,(H,15,16). The van der Waals surface area contributed by atoms with Crippen molar-refractivity contribution < 1.29 is 4.79 Å². The summed E-state index contributed by atoms with van der Waals surface area (Å²) in [5.41, 5.74) is 7.90. The van der Waals surface area contributed by atoms with Gasteiger partial charge in [-0.3, -0.25) is 4.79 Å². The van der Waals surface area contributed by atoms with Gasteiger partial charge in [0, 0.05) is 12.5 Å². The van der Waals surface area contributed by atoms with Crippen LogP contribution in [-0.4, -0.2) is 11.9 Å². The molecule has 3 nitrogen and oxygen atoms in total. The Bertz CT molecular complexity index is 343. The van der Waals surface area contributed by atoms with Crippen LogP contribution in [0.15, 0.2) is 24.3 Å². The molecule has 3 N–H and O–H groups in total. The monoisotopic (exact) mass is 220 g/mol. The quantitative estimate of drug-likeness (QED) is 0.814. The van der Waals surface area contributed by atoms with E-state index >= 15 is 0 Å². The minimum Gasteiger partial charge on any atom is -0.350 e. The van der Waals surface area contributed by atoms with Crippen LogP contribution in [0, 0.1) is 6.92 Å². The largest absolute Gasteiger partial charge is 0.350 e. The molecule has 1 amide bonds. The molecule has 0 radical (unpaired) electrons. The van der Waals surface area contributed by atoms with E-state index in [-0.39, 0.29) is 18.0 Å². The Balaban J connectivity index is 2.55. The SMILES string of the molecule is Cc1ccc(C(C)NC(=O)CC(C)N)cc1. The lowest BCUT2D eigenvalue weighted by molar-refractivity contribution is -0.121. The number of carbonyl (C=O) groups is 1. The summed E-state index contributed by atoms with van der Waals surface area (Å²) >= 11 is 0. The van der Waals surface area contributed by atoms with Gasteiger partial charge < -0.3 is 11.1 Å². The number of nitrogens with two attached hydrogens (primary N) is 1. The van der Waals surface area contributed by atoms with Gasteiger partial charge in [-0.2, -0.15) is 0 Å². The molecule has 2 unspecified atom stereocenters. The van der Waals surface area contributed by atoms with Crippen molar-refractivity contribution in [3.05, 3.63) is 35.4 Å². The lowest BCUT2D eigenvalue weighted by Crippen LogP contribution is -2.31. The van der Waals surface area contributed by atoms with Crippen molar-refractivity contribution in [3.8, 4) is 0 Å². The van der Waals surface area contributed by atoms with Gasteiger partial charge in [0.15, 0.2) is 0 Å². The van der Waals surface area contributed by atoms with Crippen molar-refractivity contribution in [3.63, 3.8) is 0 Å². The molecule has 0 bridgehead atoms. The zero-order chi connectivity index (χ0) is 12.1. The molecular formula is C13H20N2O. The van der Waals surface area contributed by atoms with Crippen molar-refractivity contribution >= 4 is 5.91 Å². The molecule has 3 heteroatoms. The van der Waals surface area contributed by atoms with Gasteiger partial charge in [0.2, 0.25) is 5.91 Å².